The Morgan fingerprint density at radius 1 is 1.48 bits per heavy atom. The van der Waals surface area contributed by atoms with Crippen molar-refractivity contribution in [3.63, 3.8) is 0 Å². The predicted molar refractivity (Wildman–Crippen MR) is 85.6 cm³/mol. The standard InChI is InChI=1S/C13H21N3O3S2/c1-4-19-8-12(9(2)3)16-21(17,18)10-5-6-11(13(14)20)15-7-10/h5-7,9,12,16H,4,8H2,1-3H3,(H2,14,20). The van der Waals surface area contributed by atoms with Gasteiger partial charge in [0.15, 0.2) is 0 Å². The normalized spacial score (nSPS) is 13.3. The molecule has 0 amide bonds. The van der Waals surface area contributed by atoms with Crippen LogP contribution in [0, 0.1) is 5.92 Å². The van der Waals surface area contributed by atoms with E-state index < -0.39 is 10.0 Å². The van der Waals surface area contributed by atoms with Crippen molar-refractivity contribution in [1.82, 2.24) is 9.71 Å². The van der Waals surface area contributed by atoms with Crippen LogP contribution in [0.2, 0.25) is 0 Å². The molecule has 1 aromatic heterocycles. The van der Waals surface area contributed by atoms with E-state index in [-0.39, 0.29) is 21.8 Å². The summed E-state index contributed by atoms with van der Waals surface area (Å²) in [4.78, 5) is 4.14. The van der Waals surface area contributed by atoms with Gasteiger partial charge < -0.3 is 10.5 Å². The number of aromatic nitrogens is 1. The Morgan fingerprint density at radius 2 is 2.14 bits per heavy atom. The molecule has 1 heterocycles. The molecule has 0 saturated carbocycles. The van der Waals surface area contributed by atoms with Crippen LogP contribution in [0.3, 0.4) is 0 Å². The lowest BCUT2D eigenvalue weighted by Crippen LogP contribution is -2.41. The second-order valence-corrected chi connectivity index (χ2v) is 7.03. The van der Waals surface area contributed by atoms with Crippen molar-refractivity contribution in [1.29, 1.82) is 0 Å². The van der Waals surface area contributed by atoms with Gasteiger partial charge in [-0.2, -0.15) is 0 Å². The van der Waals surface area contributed by atoms with Crippen LogP contribution in [0.1, 0.15) is 26.5 Å². The molecule has 6 nitrogen and oxygen atoms in total. The van der Waals surface area contributed by atoms with Crippen LogP contribution in [0.5, 0.6) is 0 Å². The molecule has 0 radical (unpaired) electrons. The third-order valence-corrected chi connectivity index (χ3v) is 4.60. The van der Waals surface area contributed by atoms with Gasteiger partial charge in [0, 0.05) is 18.8 Å². The molecule has 0 aliphatic heterocycles. The van der Waals surface area contributed by atoms with Crippen LogP contribution >= 0.6 is 12.2 Å². The predicted octanol–water partition coefficient (Wildman–Crippen LogP) is 1.06. The largest absolute Gasteiger partial charge is 0.388 e. The summed E-state index contributed by atoms with van der Waals surface area (Å²) in [6.45, 7) is 6.59. The highest BCUT2D eigenvalue weighted by Crippen LogP contribution is 2.12. The van der Waals surface area contributed by atoms with Crippen LogP contribution in [0.4, 0.5) is 0 Å². The van der Waals surface area contributed by atoms with Gasteiger partial charge in [-0.3, -0.25) is 4.98 Å². The van der Waals surface area contributed by atoms with Gasteiger partial charge in [-0.25, -0.2) is 13.1 Å². The SMILES string of the molecule is CCOCC(NS(=O)(=O)c1ccc(C(N)=S)nc1)C(C)C. The Morgan fingerprint density at radius 3 is 2.57 bits per heavy atom. The zero-order valence-electron chi connectivity index (χ0n) is 12.4. The van der Waals surface area contributed by atoms with E-state index in [9.17, 15) is 8.42 Å². The van der Waals surface area contributed by atoms with E-state index in [1.54, 1.807) is 0 Å². The van der Waals surface area contributed by atoms with Gasteiger partial charge in [0.25, 0.3) is 0 Å². The summed E-state index contributed by atoms with van der Waals surface area (Å²) in [7, 11) is -3.65. The molecule has 118 valence electrons. The molecule has 1 atom stereocenters. The number of sulfonamides is 1. The molecule has 1 unspecified atom stereocenters. The first-order valence-corrected chi connectivity index (χ1v) is 8.53. The minimum atomic E-state index is -3.65. The molecule has 0 fully saturated rings. The average Bonchev–Trinajstić information content (AvgIpc) is 2.43. The number of rotatable bonds is 8. The average molecular weight is 331 g/mol. The van der Waals surface area contributed by atoms with Gasteiger partial charge in [-0.05, 0) is 25.0 Å². The van der Waals surface area contributed by atoms with Crippen LogP contribution in [0.15, 0.2) is 23.2 Å². The monoisotopic (exact) mass is 331 g/mol. The molecular formula is C13H21N3O3S2. The maximum atomic E-state index is 12.3. The Kier molecular flexibility index (Phi) is 6.66. The molecule has 21 heavy (non-hydrogen) atoms. The van der Waals surface area contributed by atoms with Crippen molar-refractivity contribution in [3.05, 3.63) is 24.0 Å². The summed E-state index contributed by atoms with van der Waals surface area (Å²) in [5.74, 6) is 0.107. The Labute approximate surface area is 131 Å². The molecular weight excluding hydrogens is 310 g/mol. The smallest absolute Gasteiger partial charge is 0.242 e. The highest BCUT2D eigenvalue weighted by Gasteiger charge is 2.23. The molecule has 0 aromatic carbocycles. The van der Waals surface area contributed by atoms with Gasteiger partial charge >= 0.3 is 0 Å². The summed E-state index contributed by atoms with van der Waals surface area (Å²) in [5, 5.41) is 0. The molecule has 1 rings (SSSR count). The Balaban J connectivity index is 2.90. The van der Waals surface area contributed by atoms with Gasteiger partial charge in [-0.15, -0.1) is 0 Å². The summed E-state index contributed by atoms with van der Waals surface area (Å²) in [6, 6.07) is 2.62. The number of hydrogen-bond donors (Lipinski definition) is 2. The zero-order valence-corrected chi connectivity index (χ0v) is 14.0. The van der Waals surface area contributed by atoms with E-state index >= 15 is 0 Å². The first-order chi connectivity index (χ1) is 9.77. The first-order valence-electron chi connectivity index (χ1n) is 6.63. The molecule has 8 heteroatoms. The highest BCUT2D eigenvalue weighted by molar-refractivity contribution is 7.89. The second kappa shape index (κ2) is 7.79. The van der Waals surface area contributed by atoms with Crippen molar-refractivity contribution in [2.75, 3.05) is 13.2 Å². The van der Waals surface area contributed by atoms with Crippen molar-refractivity contribution in [3.8, 4) is 0 Å². The number of nitrogens with two attached hydrogens (primary N) is 1. The Hall–Kier alpha value is -1.09. The highest BCUT2D eigenvalue weighted by atomic mass is 32.2. The minimum Gasteiger partial charge on any atom is -0.388 e. The quantitative estimate of drug-likeness (QED) is 0.692. The molecule has 0 saturated heterocycles. The number of nitrogens with zero attached hydrogens (tertiary/aromatic N) is 1. The first kappa shape index (κ1) is 18.0. The lowest BCUT2D eigenvalue weighted by atomic mass is 10.1. The van der Waals surface area contributed by atoms with Crippen molar-refractivity contribution < 1.29 is 13.2 Å². The number of nitrogens with one attached hydrogen (secondary N) is 1. The van der Waals surface area contributed by atoms with Crippen LogP contribution < -0.4 is 10.5 Å². The summed E-state index contributed by atoms with van der Waals surface area (Å²) >= 11 is 4.78. The van der Waals surface area contributed by atoms with Crippen molar-refractivity contribution in [2.24, 2.45) is 11.7 Å². The van der Waals surface area contributed by atoms with Crippen LogP contribution in [-0.4, -0.2) is 37.6 Å². The maximum absolute atomic E-state index is 12.3. The van der Waals surface area contributed by atoms with Gasteiger partial charge in [-0.1, -0.05) is 26.1 Å². The van der Waals surface area contributed by atoms with Gasteiger partial charge in [0.1, 0.15) is 9.88 Å². The van der Waals surface area contributed by atoms with Crippen molar-refractivity contribution >= 4 is 27.2 Å². The summed E-state index contributed by atoms with van der Waals surface area (Å²) in [6.07, 6.45) is 1.24. The van der Waals surface area contributed by atoms with E-state index in [1.807, 2.05) is 20.8 Å². The number of hydrogen-bond acceptors (Lipinski definition) is 5. The van der Waals surface area contributed by atoms with E-state index in [1.165, 1.54) is 18.3 Å². The fourth-order valence-electron chi connectivity index (χ4n) is 1.56. The molecule has 0 aliphatic carbocycles. The lowest BCUT2D eigenvalue weighted by Gasteiger charge is -2.21. The molecule has 3 N–H and O–H groups in total. The molecule has 1 aromatic rings. The minimum absolute atomic E-state index is 0.0737. The zero-order chi connectivity index (χ0) is 16.0. The van der Waals surface area contributed by atoms with E-state index in [0.29, 0.717) is 18.9 Å². The molecule has 0 aliphatic rings. The van der Waals surface area contributed by atoms with Crippen LogP contribution in [0.25, 0.3) is 0 Å². The third-order valence-electron chi connectivity index (χ3n) is 2.91. The fourth-order valence-corrected chi connectivity index (χ4v) is 2.99. The van der Waals surface area contributed by atoms with E-state index in [4.69, 9.17) is 22.7 Å². The molecule has 0 bridgehead atoms. The Bertz CT molecular complexity index is 571. The topological polar surface area (TPSA) is 94.3 Å². The molecule has 0 spiro atoms. The van der Waals surface area contributed by atoms with Gasteiger partial charge in [0.2, 0.25) is 10.0 Å². The maximum Gasteiger partial charge on any atom is 0.242 e. The summed E-state index contributed by atoms with van der Waals surface area (Å²) in [5.41, 5.74) is 5.82. The van der Waals surface area contributed by atoms with E-state index in [2.05, 4.69) is 9.71 Å². The third kappa shape index (κ3) is 5.31. The van der Waals surface area contributed by atoms with Gasteiger partial charge in [0.05, 0.1) is 12.3 Å². The second-order valence-electron chi connectivity index (χ2n) is 4.87. The van der Waals surface area contributed by atoms with Crippen LogP contribution in [-0.2, 0) is 14.8 Å². The lowest BCUT2D eigenvalue weighted by molar-refractivity contribution is 0.116. The fraction of sp³-hybridized carbons (Fsp3) is 0.538. The van der Waals surface area contributed by atoms with E-state index in [0.717, 1.165) is 0 Å². The van der Waals surface area contributed by atoms with Crippen molar-refractivity contribution in [2.45, 2.75) is 31.7 Å². The number of ether oxygens (including phenoxy) is 1. The summed E-state index contributed by atoms with van der Waals surface area (Å²) < 4.78 is 32.6. The number of pyridine rings is 1. The number of thiocarbonyl (C=S) groups is 1.